The third kappa shape index (κ3) is 5.44. The Hall–Kier alpha value is -2.86. The lowest BCUT2D eigenvalue weighted by Crippen LogP contribution is -2.38. The van der Waals surface area contributed by atoms with Crippen molar-refractivity contribution in [3.05, 3.63) is 111 Å². The van der Waals surface area contributed by atoms with Crippen molar-refractivity contribution in [1.29, 1.82) is 0 Å². The summed E-state index contributed by atoms with van der Waals surface area (Å²) >= 11 is 7.89. The summed E-state index contributed by atoms with van der Waals surface area (Å²) in [6, 6.07) is 22.4. The third-order valence-corrected chi connectivity index (χ3v) is 8.64. The van der Waals surface area contributed by atoms with Crippen LogP contribution in [-0.4, -0.2) is 23.9 Å². The van der Waals surface area contributed by atoms with E-state index in [1.54, 1.807) is 23.5 Å². The highest BCUT2D eigenvalue weighted by atomic mass is 35.5. The normalized spacial score (nSPS) is 15.6. The molecule has 3 heterocycles. The number of benzene rings is 2. The van der Waals surface area contributed by atoms with Crippen LogP contribution in [0.4, 0.5) is 5.00 Å². The van der Waals surface area contributed by atoms with E-state index in [-0.39, 0.29) is 11.9 Å². The highest BCUT2D eigenvalue weighted by molar-refractivity contribution is 7.16. The maximum atomic E-state index is 12.9. The quantitative estimate of drug-likeness (QED) is 0.270. The van der Waals surface area contributed by atoms with Gasteiger partial charge in [-0.15, -0.1) is 11.3 Å². The first-order chi connectivity index (χ1) is 17.5. The van der Waals surface area contributed by atoms with Crippen LogP contribution < -0.4 is 5.32 Å². The lowest BCUT2D eigenvalue weighted by atomic mass is 9.87. The molecule has 5 rings (SSSR count). The summed E-state index contributed by atoms with van der Waals surface area (Å²) in [5, 5.41) is 4.76. The molecule has 1 N–H and O–H groups in total. The minimum atomic E-state index is -0.223. The second-order valence-electron chi connectivity index (χ2n) is 9.58. The Balaban J connectivity index is 1.44. The topological polar surface area (TPSA) is 45.5 Å². The van der Waals surface area contributed by atoms with Gasteiger partial charge in [-0.25, -0.2) is 0 Å². The molecular weight excluding hydrogens is 488 g/mol. The fraction of sp³-hybridized carbons (Fsp3) is 0.300. The maximum Gasteiger partial charge on any atom is 0.291 e. The number of carbonyl (C=O) groups excluding carboxylic acids is 1. The van der Waals surface area contributed by atoms with Crippen LogP contribution in [-0.2, 0) is 6.42 Å². The number of hydrogen-bond donors (Lipinski definition) is 1. The number of nitrogens with one attached hydrogen (secondary N) is 1. The van der Waals surface area contributed by atoms with Crippen LogP contribution in [0.2, 0.25) is 5.02 Å². The van der Waals surface area contributed by atoms with Gasteiger partial charge in [0.25, 0.3) is 5.91 Å². The van der Waals surface area contributed by atoms with Gasteiger partial charge in [0.15, 0.2) is 5.76 Å². The van der Waals surface area contributed by atoms with E-state index in [4.69, 9.17) is 16.0 Å². The van der Waals surface area contributed by atoms with Gasteiger partial charge in [0.2, 0.25) is 0 Å². The molecule has 0 aliphatic carbocycles. The van der Waals surface area contributed by atoms with Gasteiger partial charge in [-0.3, -0.25) is 9.69 Å². The lowest BCUT2D eigenvalue weighted by Gasteiger charge is -2.38. The highest BCUT2D eigenvalue weighted by Gasteiger charge is 2.32. The van der Waals surface area contributed by atoms with Gasteiger partial charge in [0.05, 0.1) is 12.3 Å². The summed E-state index contributed by atoms with van der Waals surface area (Å²) in [5.41, 5.74) is 5.00. The molecule has 36 heavy (non-hydrogen) atoms. The van der Waals surface area contributed by atoms with E-state index in [9.17, 15) is 4.79 Å². The van der Waals surface area contributed by atoms with Crippen molar-refractivity contribution < 1.29 is 9.21 Å². The zero-order valence-electron chi connectivity index (χ0n) is 20.7. The van der Waals surface area contributed by atoms with Crippen molar-refractivity contribution in [1.82, 2.24) is 4.90 Å². The number of hydrogen-bond acceptors (Lipinski definition) is 4. The standard InChI is InChI=1S/C30H31ClN2O2S/c1-20-21(2)36-30(32-29(34)26-9-6-18-35-26)27(20)28(24-10-12-25(31)13-11-24)33-16-14-23(15-17-33)19-22-7-4-3-5-8-22/h3-13,18,23,28H,14-17,19H2,1-2H3,(H,32,34)/t28-/m0/s1. The summed E-state index contributed by atoms with van der Waals surface area (Å²) in [5.74, 6) is 0.770. The Morgan fingerprint density at radius 3 is 2.44 bits per heavy atom. The Morgan fingerprint density at radius 1 is 1.06 bits per heavy atom. The Kier molecular flexibility index (Phi) is 7.61. The summed E-state index contributed by atoms with van der Waals surface area (Å²) in [4.78, 5) is 16.7. The van der Waals surface area contributed by atoms with Crippen LogP contribution in [0.1, 0.15) is 56.6 Å². The van der Waals surface area contributed by atoms with Gasteiger partial charge in [-0.05, 0) is 93.1 Å². The number of furan rings is 1. The molecule has 1 aliphatic rings. The number of amides is 1. The molecule has 0 unspecified atom stereocenters. The molecule has 2 aromatic heterocycles. The first-order valence-corrected chi connectivity index (χ1v) is 13.7. The second-order valence-corrected chi connectivity index (χ2v) is 11.2. The number of halogens is 1. The molecular formula is C30H31ClN2O2S. The van der Waals surface area contributed by atoms with E-state index >= 15 is 0 Å². The van der Waals surface area contributed by atoms with Crippen molar-refractivity contribution in [2.45, 2.75) is 39.2 Å². The van der Waals surface area contributed by atoms with E-state index in [0.29, 0.717) is 11.7 Å². The summed E-state index contributed by atoms with van der Waals surface area (Å²) in [7, 11) is 0. The van der Waals surface area contributed by atoms with Gasteiger partial charge >= 0.3 is 0 Å². The monoisotopic (exact) mass is 518 g/mol. The molecule has 1 atom stereocenters. The number of rotatable bonds is 7. The summed E-state index contributed by atoms with van der Waals surface area (Å²) in [6.45, 7) is 6.29. The van der Waals surface area contributed by atoms with E-state index in [1.165, 1.54) is 33.4 Å². The van der Waals surface area contributed by atoms with Gasteiger partial charge < -0.3 is 9.73 Å². The fourth-order valence-electron chi connectivity index (χ4n) is 5.21. The van der Waals surface area contributed by atoms with E-state index in [0.717, 1.165) is 42.4 Å². The zero-order chi connectivity index (χ0) is 25.1. The molecule has 1 fully saturated rings. The number of likely N-dealkylation sites (tertiary alicyclic amines) is 1. The third-order valence-electron chi connectivity index (χ3n) is 7.24. The van der Waals surface area contributed by atoms with Crippen molar-refractivity contribution in [3.63, 3.8) is 0 Å². The molecule has 1 amide bonds. The van der Waals surface area contributed by atoms with Crippen LogP contribution >= 0.6 is 22.9 Å². The number of piperidine rings is 1. The smallest absolute Gasteiger partial charge is 0.291 e. The Labute approximate surface area is 221 Å². The van der Waals surface area contributed by atoms with Crippen molar-refractivity contribution in [3.8, 4) is 0 Å². The highest BCUT2D eigenvalue weighted by Crippen LogP contribution is 2.43. The van der Waals surface area contributed by atoms with Crippen LogP contribution in [0.25, 0.3) is 0 Å². The van der Waals surface area contributed by atoms with Crippen LogP contribution in [0.5, 0.6) is 0 Å². The summed E-state index contributed by atoms with van der Waals surface area (Å²) < 4.78 is 5.35. The maximum absolute atomic E-state index is 12.9. The predicted octanol–water partition coefficient (Wildman–Crippen LogP) is 7.91. The molecule has 6 heteroatoms. The molecule has 0 saturated carbocycles. The molecule has 0 bridgehead atoms. The Morgan fingerprint density at radius 2 is 1.78 bits per heavy atom. The second kappa shape index (κ2) is 11.0. The van der Waals surface area contributed by atoms with E-state index < -0.39 is 0 Å². The number of nitrogens with zero attached hydrogens (tertiary/aromatic N) is 1. The molecule has 2 aromatic carbocycles. The Bertz CT molecular complexity index is 1290. The van der Waals surface area contributed by atoms with Gasteiger partial charge in [-0.1, -0.05) is 54.1 Å². The summed E-state index contributed by atoms with van der Waals surface area (Å²) in [6.07, 6.45) is 4.95. The average Bonchev–Trinajstić information content (AvgIpc) is 3.52. The van der Waals surface area contributed by atoms with Gasteiger partial charge in [-0.2, -0.15) is 0 Å². The molecule has 4 aromatic rings. The van der Waals surface area contributed by atoms with Crippen LogP contribution in [0.15, 0.2) is 77.4 Å². The minimum absolute atomic E-state index is 0.0387. The van der Waals surface area contributed by atoms with Crippen molar-refractivity contribution >= 4 is 33.8 Å². The minimum Gasteiger partial charge on any atom is -0.459 e. The molecule has 1 saturated heterocycles. The van der Waals surface area contributed by atoms with E-state index in [1.807, 2.05) is 12.1 Å². The van der Waals surface area contributed by atoms with Crippen molar-refractivity contribution in [2.24, 2.45) is 5.92 Å². The molecule has 4 nitrogen and oxygen atoms in total. The predicted molar refractivity (Wildman–Crippen MR) is 148 cm³/mol. The molecule has 0 spiro atoms. The van der Waals surface area contributed by atoms with Gasteiger partial charge in [0.1, 0.15) is 5.00 Å². The average molecular weight is 519 g/mol. The number of anilines is 1. The number of thiophene rings is 1. The van der Waals surface area contributed by atoms with Crippen LogP contribution in [0.3, 0.4) is 0 Å². The largest absolute Gasteiger partial charge is 0.459 e. The van der Waals surface area contributed by atoms with Crippen LogP contribution in [0, 0.1) is 19.8 Å². The SMILES string of the molecule is Cc1sc(NC(=O)c2ccco2)c([C@H](c2ccc(Cl)cc2)N2CCC(Cc3ccccc3)CC2)c1C. The first kappa shape index (κ1) is 24.8. The van der Waals surface area contributed by atoms with E-state index in [2.05, 4.69) is 66.5 Å². The zero-order valence-corrected chi connectivity index (χ0v) is 22.2. The molecule has 1 aliphatic heterocycles. The molecule has 0 radical (unpaired) electrons. The fourth-order valence-corrected chi connectivity index (χ4v) is 6.42. The van der Waals surface area contributed by atoms with Gasteiger partial charge in [0, 0.05) is 15.5 Å². The first-order valence-electron chi connectivity index (χ1n) is 12.5. The lowest BCUT2D eigenvalue weighted by molar-refractivity contribution is 0.0996. The number of carbonyl (C=O) groups is 1. The number of aryl methyl sites for hydroxylation is 1. The van der Waals surface area contributed by atoms with Crippen molar-refractivity contribution in [2.75, 3.05) is 18.4 Å². The molecule has 186 valence electrons.